The number of amides is 2. The van der Waals surface area contributed by atoms with E-state index in [2.05, 4.69) is 10.6 Å². The van der Waals surface area contributed by atoms with Crippen LogP contribution in [0.3, 0.4) is 0 Å². The Morgan fingerprint density at radius 3 is 2.80 bits per heavy atom. The summed E-state index contributed by atoms with van der Waals surface area (Å²) in [6.07, 6.45) is 5.00. The van der Waals surface area contributed by atoms with Crippen LogP contribution in [0.15, 0.2) is 18.2 Å². The van der Waals surface area contributed by atoms with Gasteiger partial charge in [0.2, 0.25) is 11.8 Å². The maximum Gasteiger partial charge on any atom is 0.238 e. The molecule has 0 aromatic heterocycles. The van der Waals surface area contributed by atoms with E-state index in [0.29, 0.717) is 30.9 Å². The zero-order valence-electron chi connectivity index (χ0n) is 14.5. The van der Waals surface area contributed by atoms with E-state index < -0.39 is 0 Å². The highest BCUT2D eigenvalue weighted by molar-refractivity contribution is 5.98. The van der Waals surface area contributed by atoms with Crippen LogP contribution in [0.25, 0.3) is 0 Å². The molecule has 25 heavy (non-hydrogen) atoms. The minimum absolute atomic E-state index is 0. The van der Waals surface area contributed by atoms with E-state index in [1.54, 1.807) is 24.1 Å². The molecule has 1 heterocycles. The first-order valence-electron chi connectivity index (χ1n) is 8.66. The lowest BCUT2D eigenvalue weighted by Crippen LogP contribution is -2.35. The topological polar surface area (TPSA) is 70.7 Å². The summed E-state index contributed by atoms with van der Waals surface area (Å²) in [6, 6.07) is 5.42. The molecule has 138 valence electrons. The van der Waals surface area contributed by atoms with Crippen molar-refractivity contribution in [3.63, 3.8) is 0 Å². The van der Waals surface area contributed by atoms with Gasteiger partial charge in [-0.05, 0) is 56.3 Å². The van der Waals surface area contributed by atoms with Gasteiger partial charge in [0.05, 0.1) is 19.3 Å². The van der Waals surface area contributed by atoms with Gasteiger partial charge in [0, 0.05) is 18.7 Å². The average Bonchev–Trinajstić information content (AvgIpc) is 3.39. The van der Waals surface area contributed by atoms with Crippen molar-refractivity contribution in [1.29, 1.82) is 0 Å². The Kier molecular flexibility index (Phi) is 7.08. The zero-order valence-corrected chi connectivity index (χ0v) is 15.4. The average molecular weight is 368 g/mol. The van der Waals surface area contributed by atoms with E-state index in [0.717, 1.165) is 31.0 Å². The smallest absolute Gasteiger partial charge is 0.238 e. The normalized spacial score (nSPS) is 17.0. The number of rotatable bonds is 7. The molecule has 2 amide bonds. The molecule has 0 radical (unpaired) electrons. The summed E-state index contributed by atoms with van der Waals surface area (Å²) in [6.45, 7) is 1.90. The van der Waals surface area contributed by atoms with Crippen LogP contribution in [-0.2, 0) is 9.59 Å². The third-order valence-corrected chi connectivity index (χ3v) is 4.49. The fourth-order valence-corrected chi connectivity index (χ4v) is 2.96. The molecule has 0 spiro atoms. The maximum absolute atomic E-state index is 12.2. The fraction of sp³-hybridized carbons (Fsp3) is 0.556. The van der Waals surface area contributed by atoms with E-state index >= 15 is 0 Å². The summed E-state index contributed by atoms with van der Waals surface area (Å²) < 4.78 is 5.39. The van der Waals surface area contributed by atoms with Crippen LogP contribution in [0.1, 0.15) is 32.1 Å². The largest absolute Gasteiger partial charge is 0.495 e. The number of hydrogen-bond acceptors (Lipinski definition) is 4. The summed E-state index contributed by atoms with van der Waals surface area (Å²) in [5.74, 6) is 1.43. The summed E-state index contributed by atoms with van der Waals surface area (Å²) in [4.78, 5) is 26.0. The lowest BCUT2D eigenvalue weighted by Gasteiger charge is -2.28. The van der Waals surface area contributed by atoms with Gasteiger partial charge < -0.3 is 20.3 Å². The van der Waals surface area contributed by atoms with Crippen molar-refractivity contribution < 1.29 is 14.3 Å². The molecule has 1 aliphatic heterocycles. The van der Waals surface area contributed by atoms with E-state index in [-0.39, 0.29) is 24.2 Å². The second-order valence-corrected chi connectivity index (χ2v) is 6.51. The van der Waals surface area contributed by atoms with Gasteiger partial charge in [0.15, 0.2) is 0 Å². The number of methoxy groups -OCH3 is 1. The van der Waals surface area contributed by atoms with Crippen LogP contribution in [0.4, 0.5) is 11.4 Å². The first-order valence-corrected chi connectivity index (χ1v) is 8.66. The van der Waals surface area contributed by atoms with Crippen LogP contribution < -0.4 is 20.3 Å². The van der Waals surface area contributed by atoms with Crippen molar-refractivity contribution in [3.05, 3.63) is 18.2 Å². The highest BCUT2D eigenvalue weighted by Crippen LogP contribution is 2.33. The minimum Gasteiger partial charge on any atom is -0.495 e. The molecule has 7 heteroatoms. The Labute approximate surface area is 154 Å². The van der Waals surface area contributed by atoms with Crippen molar-refractivity contribution in [2.45, 2.75) is 32.1 Å². The molecule has 2 N–H and O–H groups in total. The standard InChI is InChI=1S/C18H25N3O3.ClH/c1-24-16-8-7-14(20-17(22)12-19-11-13-5-6-13)10-15(16)21-9-3-2-4-18(21)23;/h7-8,10,13,19H,2-6,9,11-12H2,1H3,(H,20,22);1H. The number of nitrogens with zero attached hydrogens (tertiary/aromatic N) is 1. The van der Waals surface area contributed by atoms with Gasteiger partial charge in [-0.3, -0.25) is 9.59 Å². The highest BCUT2D eigenvalue weighted by Gasteiger charge is 2.23. The summed E-state index contributed by atoms with van der Waals surface area (Å²) in [5.41, 5.74) is 1.41. The number of carbonyl (C=O) groups is 2. The Balaban J connectivity index is 0.00000225. The quantitative estimate of drug-likeness (QED) is 0.777. The molecule has 1 aromatic carbocycles. The predicted octanol–water partition coefficient (Wildman–Crippen LogP) is 2.57. The van der Waals surface area contributed by atoms with Gasteiger partial charge in [-0.15, -0.1) is 12.4 Å². The molecule has 0 unspecified atom stereocenters. The summed E-state index contributed by atoms with van der Waals surface area (Å²) >= 11 is 0. The van der Waals surface area contributed by atoms with E-state index in [4.69, 9.17) is 4.74 Å². The first kappa shape index (κ1) is 19.5. The monoisotopic (exact) mass is 367 g/mol. The predicted molar refractivity (Wildman–Crippen MR) is 101 cm³/mol. The number of carbonyl (C=O) groups excluding carboxylic acids is 2. The number of ether oxygens (including phenoxy) is 1. The zero-order chi connectivity index (χ0) is 16.9. The fourth-order valence-electron chi connectivity index (χ4n) is 2.96. The van der Waals surface area contributed by atoms with Crippen LogP contribution in [0, 0.1) is 5.92 Å². The third kappa shape index (κ3) is 5.34. The lowest BCUT2D eigenvalue weighted by molar-refractivity contribution is -0.119. The Morgan fingerprint density at radius 1 is 1.32 bits per heavy atom. The molecular weight excluding hydrogens is 342 g/mol. The summed E-state index contributed by atoms with van der Waals surface area (Å²) in [7, 11) is 1.59. The number of nitrogens with one attached hydrogen (secondary N) is 2. The Morgan fingerprint density at radius 2 is 2.12 bits per heavy atom. The van der Waals surface area contributed by atoms with Gasteiger partial charge >= 0.3 is 0 Å². The van der Waals surface area contributed by atoms with Gasteiger partial charge in [0.1, 0.15) is 5.75 Å². The molecule has 2 aliphatic rings. The maximum atomic E-state index is 12.2. The van der Waals surface area contributed by atoms with Gasteiger partial charge in [-0.25, -0.2) is 0 Å². The molecule has 1 saturated carbocycles. The molecular formula is C18H26ClN3O3. The van der Waals surface area contributed by atoms with Crippen LogP contribution in [0.2, 0.25) is 0 Å². The number of halogens is 1. The van der Waals surface area contributed by atoms with Crippen molar-refractivity contribution in [3.8, 4) is 5.75 Å². The number of piperidine rings is 1. The van der Waals surface area contributed by atoms with Crippen molar-refractivity contribution in [1.82, 2.24) is 5.32 Å². The molecule has 1 aromatic rings. The summed E-state index contributed by atoms with van der Waals surface area (Å²) in [5, 5.41) is 6.06. The van der Waals surface area contributed by atoms with Crippen LogP contribution in [-0.4, -0.2) is 38.6 Å². The van der Waals surface area contributed by atoms with Crippen molar-refractivity contribution >= 4 is 35.6 Å². The molecule has 1 aliphatic carbocycles. The minimum atomic E-state index is -0.0725. The second-order valence-electron chi connectivity index (χ2n) is 6.51. The SMILES string of the molecule is COc1ccc(NC(=O)CNCC2CC2)cc1N1CCCCC1=O.Cl. The second kappa shape index (κ2) is 9.06. The van der Waals surface area contributed by atoms with Gasteiger partial charge in [0.25, 0.3) is 0 Å². The van der Waals surface area contributed by atoms with Crippen LogP contribution >= 0.6 is 12.4 Å². The van der Waals surface area contributed by atoms with E-state index in [1.165, 1.54) is 12.8 Å². The number of hydrogen-bond donors (Lipinski definition) is 2. The molecule has 1 saturated heterocycles. The number of anilines is 2. The van der Waals surface area contributed by atoms with Gasteiger partial charge in [-0.1, -0.05) is 0 Å². The van der Waals surface area contributed by atoms with Crippen molar-refractivity contribution in [2.24, 2.45) is 5.92 Å². The molecule has 3 rings (SSSR count). The highest BCUT2D eigenvalue weighted by atomic mass is 35.5. The van der Waals surface area contributed by atoms with Crippen molar-refractivity contribution in [2.75, 3.05) is 37.0 Å². The van der Waals surface area contributed by atoms with Crippen LogP contribution in [0.5, 0.6) is 5.75 Å². The first-order chi connectivity index (χ1) is 11.7. The molecule has 2 fully saturated rings. The molecule has 0 atom stereocenters. The van der Waals surface area contributed by atoms with Gasteiger partial charge in [-0.2, -0.15) is 0 Å². The van der Waals surface area contributed by atoms with E-state index in [1.807, 2.05) is 6.07 Å². The molecule has 6 nitrogen and oxygen atoms in total. The third-order valence-electron chi connectivity index (χ3n) is 4.49. The lowest BCUT2D eigenvalue weighted by atomic mass is 10.1. The molecule has 0 bridgehead atoms. The Bertz CT molecular complexity index is 620. The number of benzene rings is 1. The Hall–Kier alpha value is -1.79. The van der Waals surface area contributed by atoms with E-state index in [9.17, 15) is 9.59 Å².